The minimum atomic E-state index is 0.140. The molecule has 0 aromatic carbocycles. The van der Waals surface area contributed by atoms with Gasteiger partial charge in [-0.2, -0.15) is 0 Å². The van der Waals surface area contributed by atoms with E-state index in [9.17, 15) is 0 Å². The SMILES string of the molecule is C=C(OC1(CC)CCCC1)C(C)C. The number of allylic oxidation sites excluding steroid dienone is 1. The van der Waals surface area contributed by atoms with E-state index in [4.69, 9.17) is 4.74 Å². The number of rotatable bonds is 4. The maximum absolute atomic E-state index is 6.02. The fourth-order valence-electron chi connectivity index (χ4n) is 1.94. The third-order valence-electron chi connectivity index (χ3n) is 3.15. The first-order chi connectivity index (χ1) is 6.09. The Morgan fingerprint density at radius 3 is 2.31 bits per heavy atom. The van der Waals surface area contributed by atoms with Crippen molar-refractivity contribution in [3.05, 3.63) is 12.3 Å². The van der Waals surface area contributed by atoms with Gasteiger partial charge in [0.15, 0.2) is 0 Å². The molecule has 0 amide bonds. The van der Waals surface area contributed by atoms with Gasteiger partial charge in [-0.1, -0.05) is 27.4 Å². The predicted molar refractivity (Wildman–Crippen MR) is 56.6 cm³/mol. The quantitative estimate of drug-likeness (QED) is 0.599. The molecule has 1 saturated carbocycles. The number of hydrogen-bond donors (Lipinski definition) is 0. The van der Waals surface area contributed by atoms with E-state index in [0.29, 0.717) is 5.92 Å². The van der Waals surface area contributed by atoms with Crippen molar-refractivity contribution in [3.63, 3.8) is 0 Å². The summed E-state index contributed by atoms with van der Waals surface area (Å²) >= 11 is 0. The zero-order valence-corrected chi connectivity index (χ0v) is 9.23. The Balaban J connectivity index is 2.53. The van der Waals surface area contributed by atoms with Crippen LogP contribution in [0.15, 0.2) is 12.3 Å². The van der Waals surface area contributed by atoms with Gasteiger partial charge < -0.3 is 4.74 Å². The molecule has 1 rings (SSSR count). The summed E-state index contributed by atoms with van der Waals surface area (Å²) in [5.41, 5.74) is 0.140. The van der Waals surface area contributed by atoms with Gasteiger partial charge >= 0.3 is 0 Å². The third-order valence-corrected chi connectivity index (χ3v) is 3.15. The van der Waals surface area contributed by atoms with Crippen LogP contribution in [0.3, 0.4) is 0 Å². The van der Waals surface area contributed by atoms with Crippen molar-refractivity contribution < 1.29 is 4.74 Å². The molecule has 1 aliphatic rings. The molecular formula is C12H22O. The van der Waals surface area contributed by atoms with Crippen molar-refractivity contribution >= 4 is 0 Å². The molecule has 0 spiro atoms. The van der Waals surface area contributed by atoms with Crippen LogP contribution >= 0.6 is 0 Å². The van der Waals surface area contributed by atoms with E-state index in [2.05, 4.69) is 27.4 Å². The molecule has 0 aromatic rings. The molecule has 0 atom stereocenters. The van der Waals surface area contributed by atoms with E-state index < -0.39 is 0 Å². The molecule has 13 heavy (non-hydrogen) atoms. The maximum Gasteiger partial charge on any atom is 0.108 e. The van der Waals surface area contributed by atoms with Crippen molar-refractivity contribution in [1.82, 2.24) is 0 Å². The van der Waals surface area contributed by atoms with Gasteiger partial charge in [-0.05, 0) is 32.1 Å². The molecule has 0 unspecified atom stereocenters. The second-order valence-corrected chi connectivity index (χ2v) is 4.47. The second-order valence-electron chi connectivity index (χ2n) is 4.47. The molecule has 0 bridgehead atoms. The number of ether oxygens (including phenoxy) is 1. The Morgan fingerprint density at radius 1 is 1.38 bits per heavy atom. The summed E-state index contributed by atoms with van der Waals surface area (Å²) in [6.45, 7) is 10.5. The standard InChI is InChI=1S/C12H22O/c1-5-12(8-6-7-9-12)13-11(4)10(2)3/h10H,4-9H2,1-3H3. The van der Waals surface area contributed by atoms with E-state index >= 15 is 0 Å². The summed E-state index contributed by atoms with van der Waals surface area (Å²) in [6, 6.07) is 0. The largest absolute Gasteiger partial charge is 0.492 e. The van der Waals surface area contributed by atoms with E-state index in [0.717, 1.165) is 12.2 Å². The normalized spacial score (nSPS) is 20.6. The highest BCUT2D eigenvalue weighted by atomic mass is 16.5. The molecule has 1 heteroatoms. The Labute approximate surface area is 82.2 Å². The molecule has 1 nitrogen and oxygen atoms in total. The lowest BCUT2D eigenvalue weighted by Gasteiger charge is -2.31. The fraction of sp³-hybridized carbons (Fsp3) is 0.833. The average molecular weight is 182 g/mol. The van der Waals surface area contributed by atoms with Crippen molar-refractivity contribution in [2.45, 2.75) is 58.5 Å². The summed E-state index contributed by atoms with van der Waals surface area (Å²) < 4.78 is 6.02. The first kappa shape index (κ1) is 10.6. The van der Waals surface area contributed by atoms with Gasteiger partial charge in [0, 0.05) is 5.92 Å². The minimum Gasteiger partial charge on any atom is -0.492 e. The molecule has 0 heterocycles. The van der Waals surface area contributed by atoms with Crippen LogP contribution in [0, 0.1) is 5.92 Å². The van der Waals surface area contributed by atoms with Crippen LogP contribution in [-0.2, 0) is 4.74 Å². The van der Waals surface area contributed by atoms with Crippen LogP contribution in [0.2, 0.25) is 0 Å². The minimum absolute atomic E-state index is 0.140. The first-order valence-corrected chi connectivity index (χ1v) is 5.47. The highest BCUT2D eigenvalue weighted by Crippen LogP contribution is 2.38. The average Bonchev–Trinajstić information content (AvgIpc) is 2.54. The summed E-state index contributed by atoms with van der Waals surface area (Å²) in [5.74, 6) is 1.41. The molecule has 1 fully saturated rings. The highest BCUT2D eigenvalue weighted by Gasteiger charge is 2.34. The molecular weight excluding hydrogens is 160 g/mol. The van der Waals surface area contributed by atoms with Crippen molar-refractivity contribution in [2.75, 3.05) is 0 Å². The van der Waals surface area contributed by atoms with Crippen LogP contribution < -0.4 is 0 Å². The van der Waals surface area contributed by atoms with Gasteiger partial charge in [0.25, 0.3) is 0 Å². The summed E-state index contributed by atoms with van der Waals surface area (Å²) in [4.78, 5) is 0. The predicted octanol–water partition coefficient (Wildman–Crippen LogP) is 3.90. The second kappa shape index (κ2) is 4.17. The highest BCUT2D eigenvalue weighted by molar-refractivity contribution is 4.95. The van der Waals surface area contributed by atoms with Crippen molar-refractivity contribution in [1.29, 1.82) is 0 Å². The fourth-order valence-corrected chi connectivity index (χ4v) is 1.94. The van der Waals surface area contributed by atoms with Crippen molar-refractivity contribution in [2.24, 2.45) is 5.92 Å². The van der Waals surface area contributed by atoms with Crippen LogP contribution in [0.4, 0.5) is 0 Å². The maximum atomic E-state index is 6.02. The van der Waals surface area contributed by atoms with Gasteiger partial charge in [-0.25, -0.2) is 0 Å². The third kappa shape index (κ3) is 2.49. The molecule has 1 aliphatic carbocycles. The van der Waals surface area contributed by atoms with E-state index in [1.807, 2.05) is 0 Å². The first-order valence-electron chi connectivity index (χ1n) is 5.47. The Bertz CT molecular complexity index is 176. The lowest BCUT2D eigenvalue weighted by atomic mass is 9.98. The van der Waals surface area contributed by atoms with Gasteiger partial charge in [-0.15, -0.1) is 0 Å². The summed E-state index contributed by atoms with van der Waals surface area (Å²) in [7, 11) is 0. The molecule has 0 N–H and O–H groups in total. The van der Waals surface area contributed by atoms with E-state index in [-0.39, 0.29) is 5.60 Å². The lowest BCUT2D eigenvalue weighted by molar-refractivity contribution is -0.00645. The summed E-state index contributed by atoms with van der Waals surface area (Å²) in [6.07, 6.45) is 6.20. The monoisotopic (exact) mass is 182 g/mol. The zero-order valence-electron chi connectivity index (χ0n) is 9.23. The van der Waals surface area contributed by atoms with Crippen LogP contribution in [0.5, 0.6) is 0 Å². The zero-order chi connectivity index (χ0) is 9.90. The topological polar surface area (TPSA) is 9.23 Å². The molecule has 76 valence electrons. The van der Waals surface area contributed by atoms with Gasteiger partial charge in [0.2, 0.25) is 0 Å². The van der Waals surface area contributed by atoms with Crippen LogP contribution in [-0.4, -0.2) is 5.60 Å². The van der Waals surface area contributed by atoms with Crippen LogP contribution in [0.25, 0.3) is 0 Å². The molecule has 0 saturated heterocycles. The smallest absolute Gasteiger partial charge is 0.108 e. The Morgan fingerprint density at radius 2 is 1.92 bits per heavy atom. The molecule has 0 aromatic heterocycles. The van der Waals surface area contributed by atoms with Crippen molar-refractivity contribution in [3.8, 4) is 0 Å². The Kier molecular flexibility index (Phi) is 3.40. The van der Waals surface area contributed by atoms with Gasteiger partial charge in [0.1, 0.15) is 5.60 Å². The lowest BCUT2D eigenvalue weighted by Crippen LogP contribution is -2.28. The Hall–Kier alpha value is -0.460. The molecule has 0 radical (unpaired) electrons. The number of hydrogen-bond acceptors (Lipinski definition) is 1. The van der Waals surface area contributed by atoms with E-state index in [1.54, 1.807) is 0 Å². The molecule has 0 aliphatic heterocycles. The summed E-state index contributed by atoms with van der Waals surface area (Å²) in [5, 5.41) is 0. The van der Waals surface area contributed by atoms with Gasteiger partial charge in [-0.3, -0.25) is 0 Å². The van der Waals surface area contributed by atoms with Crippen LogP contribution in [0.1, 0.15) is 52.9 Å². The van der Waals surface area contributed by atoms with E-state index in [1.165, 1.54) is 25.7 Å². The van der Waals surface area contributed by atoms with Gasteiger partial charge in [0.05, 0.1) is 5.76 Å².